The molecule has 1 aliphatic rings. The van der Waals surface area contributed by atoms with Gasteiger partial charge in [0.25, 0.3) is 5.91 Å². The summed E-state index contributed by atoms with van der Waals surface area (Å²) in [4.78, 5) is 24.5. The van der Waals surface area contributed by atoms with Crippen LogP contribution in [0.15, 0.2) is 36.4 Å². The third-order valence-electron chi connectivity index (χ3n) is 4.34. The van der Waals surface area contributed by atoms with Crippen LogP contribution in [-0.2, 0) is 4.79 Å². The lowest BCUT2D eigenvalue weighted by Gasteiger charge is -2.21. The fourth-order valence-electron chi connectivity index (χ4n) is 3.07. The molecule has 2 amide bonds. The fraction of sp³-hybridized carbons (Fsp3) is 0.333. The predicted molar refractivity (Wildman–Crippen MR) is 102 cm³/mol. The minimum absolute atomic E-state index is 0.0826. The van der Waals surface area contributed by atoms with E-state index >= 15 is 0 Å². The zero-order valence-electron chi connectivity index (χ0n) is 15.8. The van der Waals surface area contributed by atoms with Gasteiger partial charge in [-0.25, -0.2) is 0 Å². The molecule has 0 radical (unpaired) electrons. The van der Waals surface area contributed by atoms with Crippen molar-refractivity contribution in [2.24, 2.45) is 0 Å². The number of benzene rings is 2. The van der Waals surface area contributed by atoms with E-state index in [0.29, 0.717) is 30.3 Å². The molecule has 0 spiro atoms. The van der Waals surface area contributed by atoms with E-state index in [1.54, 1.807) is 12.1 Å². The molecule has 1 unspecified atom stereocenters. The van der Waals surface area contributed by atoms with Crippen LogP contribution in [0, 0.1) is 13.8 Å². The maximum Gasteiger partial charge on any atom is 0.251 e. The minimum atomic E-state index is -0.260. The van der Waals surface area contributed by atoms with Crippen LogP contribution < -0.4 is 20.1 Å². The van der Waals surface area contributed by atoms with Gasteiger partial charge in [0.1, 0.15) is 13.2 Å². The van der Waals surface area contributed by atoms with E-state index < -0.39 is 0 Å². The molecule has 142 valence electrons. The predicted octanol–water partition coefficient (Wildman–Crippen LogP) is 2.68. The standard InChI is InChI=1S/C21H24N2O4/c1-13-8-14(2)10-17(9-13)21(25)22-12-20(24)23-15(3)16-4-5-18-19(11-16)27-7-6-26-18/h4-5,8-11,15H,6-7,12H2,1-3H3,(H,22,25)(H,23,24). The van der Waals surface area contributed by atoms with Crippen LogP contribution in [0.1, 0.15) is 40.0 Å². The number of hydrogen-bond donors (Lipinski definition) is 2. The highest BCUT2D eigenvalue weighted by atomic mass is 16.6. The second kappa shape index (κ2) is 8.12. The highest BCUT2D eigenvalue weighted by molar-refractivity contribution is 5.96. The molecule has 0 aromatic heterocycles. The number of nitrogens with one attached hydrogen (secondary N) is 2. The highest BCUT2D eigenvalue weighted by Crippen LogP contribution is 2.32. The van der Waals surface area contributed by atoms with Gasteiger partial charge in [-0.3, -0.25) is 9.59 Å². The lowest BCUT2D eigenvalue weighted by atomic mass is 10.1. The highest BCUT2D eigenvalue weighted by Gasteiger charge is 2.16. The van der Waals surface area contributed by atoms with Crippen LogP contribution in [0.4, 0.5) is 0 Å². The van der Waals surface area contributed by atoms with Gasteiger partial charge in [0.2, 0.25) is 5.91 Å². The van der Waals surface area contributed by atoms with Gasteiger partial charge < -0.3 is 20.1 Å². The number of fused-ring (bicyclic) bond motifs is 1. The minimum Gasteiger partial charge on any atom is -0.486 e. The van der Waals surface area contributed by atoms with Crippen molar-refractivity contribution in [2.75, 3.05) is 19.8 Å². The van der Waals surface area contributed by atoms with Crippen molar-refractivity contribution in [1.29, 1.82) is 0 Å². The summed E-state index contributed by atoms with van der Waals surface area (Å²) < 4.78 is 11.1. The molecule has 0 fully saturated rings. The zero-order valence-corrected chi connectivity index (χ0v) is 15.8. The van der Waals surface area contributed by atoms with Crippen LogP contribution in [0.2, 0.25) is 0 Å². The summed E-state index contributed by atoms with van der Waals surface area (Å²) in [6.07, 6.45) is 0. The maximum atomic E-state index is 12.2. The first kappa shape index (κ1) is 18.8. The molecule has 1 atom stereocenters. The lowest BCUT2D eigenvalue weighted by molar-refractivity contribution is -0.120. The molecule has 2 aromatic rings. The molecule has 2 aromatic carbocycles. The van der Waals surface area contributed by atoms with Crippen molar-refractivity contribution >= 4 is 11.8 Å². The Bertz CT molecular complexity index is 843. The van der Waals surface area contributed by atoms with Crippen LogP contribution in [0.3, 0.4) is 0 Å². The van der Waals surface area contributed by atoms with Gasteiger partial charge in [0.15, 0.2) is 11.5 Å². The summed E-state index contributed by atoms with van der Waals surface area (Å²) in [6, 6.07) is 11.0. The summed E-state index contributed by atoms with van der Waals surface area (Å²) in [6.45, 7) is 6.73. The number of carbonyl (C=O) groups excluding carboxylic acids is 2. The second-order valence-corrected chi connectivity index (χ2v) is 6.75. The third-order valence-corrected chi connectivity index (χ3v) is 4.34. The molecular formula is C21H24N2O4. The first-order valence-corrected chi connectivity index (χ1v) is 8.98. The number of aryl methyl sites for hydroxylation is 2. The molecule has 27 heavy (non-hydrogen) atoms. The number of amides is 2. The molecule has 0 saturated heterocycles. The lowest BCUT2D eigenvalue weighted by Crippen LogP contribution is -2.38. The van der Waals surface area contributed by atoms with Crippen LogP contribution in [0.5, 0.6) is 11.5 Å². The average Bonchev–Trinajstić information content (AvgIpc) is 2.64. The number of rotatable bonds is 5. The average molecular weight is 368 g/mol. The SMILES string of the molecule is Cc1cc(C)cc(C(=O)NCC(=O)NC(C)c2ccc3c(c2)OCCO3)c1. The molecule has 1 aliphatic heterocycles. The van der Waals surface area contributed by atoms with Crippen LogP contribution in [-0.4, -0.2) is 31.6 Å². The normalized spacial score (nSPS) is 13.6. The van der Waals surface area contributed by atoms with E-state index in [-0.39, 0.29) is 24.4 Å². The molecule has 0 aliphatic carbocycles. The zero-order chi connectivity index (χ0) is 19.4. The summed E-state index contributed by atoms with van der Waals surface area (Å²) >= 11 is 0. The van der Waals surface area contributed by atoms with E-state index in [9.17, 15) is 9.59 Å². The quantitative estimate of drug-likeness (QED) is 0.851. The molecule has 6 heteroatoms. The Hall–Kier alpha value is -3.02. The fourth-order valence-corrected chi connectivity index (χ4v) is 3.07. The van der Waals surface area contributed by atoms with Crippen LogP contribution in [0.25, 0.3) is 0 Å². The molecule has 6 nitrogen and oxygen atoms in total. The van der Waals surface area contributed by atoms with Gasteiger partial charge >= 0.3 is 0 Å². The smallest absolute Gasteiger partial charge is 0.251 e. The van der Waals surface area contributed by atoms with E-state index in [2.05, 4.69) is 10.6 Å². The number of hydrogen-bond acceptors (Lipinski definition) is 4. The van der Waals surface area contributed by atoms with Crippen molar-refractivity contribution in [3.8, 4) is 11.5 Å². The Balaban J connectivity index is 1.55. The van der Waals surface area contributed by atoms with Gasteiger partial charge in [-0.2, -0.15) is 0 Å². The van der Waals surface area contributed by atoms with Gasteiger partial charge in [0, 0.05) is 5.56 Å². The van der Waals surface area contributed by atoms with Gasteiger partial charge in [-0.1, -0.05) is 23.3 Å². The molecule has 1 heterocycles. The van der Waals surface area contributed by atoms with Crippen molar-refractivity contribution in [2.45, 2.75) is 26.8 Å². The molecule has 2 N–H and O–H groups in total. The van der Waals surface area contributed by atoms with Crippen molar-refractivity contribution in [1.82, 2.24) is 10.6 Å². The van der Waals surface area contributed by atoms with E-state index in [1.165, 1.54) is 0 Å². The summed E-state index contributed by atoms with van der Waals surface area (Å²) in [5.41, 5.74) is 3.49. The second-order valence-electron chi connectivity index (χ2n) is 6.75. The van der Waals surface area contributed by atoms with Gasteiger partial charge in [-0.15, -0.1) is 0 Å². The summed E-state index contributed by atoms with van der Waals surface area (Å²) in [7, 11) is 0. The van der Waals surface area contributed by atoms with Crippen LogP contribution >= 0.6 is 0 Å². The summed E-state index contributed by atoms with van der Waals surface area (Å²) in [5, 5.41) is 5.55. The first-order chi connectivity index (χ1) is 12.9. The largest absolute Gasteiger partial charge is 0.486 e. The third kappa shape index (κ3) is 4.78. The Morgan fingerprint density at radius 2 is 1.67 bits per heavy atom. The monoisotopic (exact) mass is 368 g/mol. The topological polar surface area (TPSA) is 76.7 Å². The van der Waals surface area contributed by atoms with Crippen molar-refractivity contribution in [3.05, 3.63) is 58.7 Å². The van der Waals surface area contributed by atoms with E-state index in [4.69, 9.17) is 9.47 Å². The Morgan fingerprint density at radius 1 is 1.00 bits per heavy atom. The summed E-state index contributed by atoms with van der Waals surface area (Å²) in [5.74, 6) is 0.881. The van der Waals surface area contributed by atoms with Crippen molar-refractivity contribution in [3.63, 3.8) is 0 Å². The Labute approximate surface area is 158 Å². The van der Waals surface area contributed by atoms with Gasteiger partial charge in [-0.05, 0) is 50.6 Å². The van der Waals surface area contributed by atoms with Gasteiger partial charge in [0.05, 0.1) is 12.6 Å². The number of carbonyl (C=O) groups is 2. The molecule has 0 saturated carbocycles. The first-order valence-electron chi connectivity index (χ1n) is 8.98. The molecule has 0 bridgehead atoms. The van der Waals surface area contributed by atoms with E-state index in [0.717, 1.165) is 16.7 Å². The number of ether oxygens (including phenoxy) is 2. The molecule has 3 rings (SSSR count). The molecular weight excluding hydrogens is 344 g/mol. The Morgan fingerprint density at radius 3 is 2.37 bits per heavy atom. The Kier molecular flexibility index (Phi) is 5.64. The van der Waals surface area contributed by atoms with Crippen molar-refractivity contribution < 1.29 is 19.1 Å². The van der Waals surface area contributed by atoms with E-state index in [1.807, 2.05) is 45.0 Å². The maximum absolute atomic E-state index is 12.2.